The highest BCUT2D eigenvalue weighted by atomic mass is 35.5. The molecular formula is C17H28ClN3O4. The maximum absolute atomic E-state index is 12.8. The summed E-state index contributed by atoms with van der Waals surface area (Å²) >= 11 is 0. The maximum Gasteiger partial charge on any atom is 0.276 e. The summed E-state index contributed by atoms with van der Waals surface area (Å²) in [5.74, 6) is 0.125. The van der Waals surface area contributed by atoms with Gasteiger partial charge in [0.15, 0.2) is 11.4 Å². The Balaban J connectivity index is 0.00000312. The van der Waals surface area contributed by atoms with Gasteiger partial charge in [-0.2, -0.15) is 0 Å². The first-order chi connectivity index (χ1) is 11.6. The average molecular weight is 374 g/mol. The van der Waals surface area contributed by atoms with Crippen LogP contribution in [0.15, 0.2) is 18.3 Å². The van der Waals surface area contributed by atoms with E-state index >= 15 is 0 Å². The lowest BCUT2D eigenvalue weighted by molar-refractivity contribution is -0.0714. The summed E-state index contributed by atoms with van der Waals surface area (Å²) in [6, 6.07) is 3.39. The summed E-state index contributed by atoms with van der Waals surface area (Å²) in [6.45, 7) is 3.27. The van der Waals surface area contributed by atoms with Crippen LogP contribution >= 0.6 is 12.4 Å². The van der Waals surface area contributed by atoms with Crippen molar-refractivity contribution < 1.29 is 19.7 Å². The fourth-order valence-electron chi connectivity index (χ4n) is 3.24. The topological polar surface area (TPSA) is 109 Å². The van der Waals surface area contributed by atoms with E-state index in [1.54, 1.807) is 17.0 Å². The number of aromatic nitrogens is 1. The second-order valence-electron chi connectivity index (χ2n) is 6.27. The van der Waals surface area contributed by atoms with Gasteiger partial charge in [0.2, 0.25) is 0 Å². The highest BCUT2D eigenvalue weighted by Gasteiger charge is 2.42. The molecule has 0 spiro atoms. The van der Waals surface area contributed by atoms with Gasteiger partial charge in [-0.3, -0.25) is 4.79 Å². The summed E-state index contributed by atoms with van der Waals surface area (Å²) in [5, 5.41) is 20.2. The maximum atomic E-state index is 12.8. The zero-order valence-corrected chi connectivity index (χ0v) is 15.4. The quantitative estimate of drug-likeness (QED) is 0.653. The van der Waals surface area contributed by atoms with Gasteiger partial charge in [-0.15, -0.1) is 12.4 Å². The molecule has 1 saturated heterocycles. The molecular weight excluding hydrogens is 346 g/mol. The van der Waals surface area contributed by atoms with Gasteiger partial charge >= 0.3 is 0 Å². The minimum Gasteiger partial charge on any atom is -0.490 e. The Morgan fingerprint density at radius 3 is 2.92 bits per heavy atom. The van der Waals surface area contributed by atoms with Crippen LogP contribution in [-0.2, 0) is 0 Å². The Bertz CT molecular complexity index is 560. The number of carbonyl (C=O) groups is 1. The number of amides is 1. The van der Waals surface area contributed by atoms with Gasteiger partial charge in [-0.25, -0.2) is 4.98 Å². The van der Waals surface area contributed by atoms with Crippen LogP contribution in [0.1, 0.15) is 36.7 Å². The predicted molar refractivity (Wildman–Crippen MR) is 97.0 cm³/mol. The first kappa shape index (κ1) is 21.6. The first-order valence-electron chi connectivity index (χ1n) is 8.44. The Kier molecular flexibility index (Phi) is 8.58. The molecule has 1 aromatic heterocycles. The zero-order chi connectivity index (χ0) is 17.6. The number of piperidine rings is 1. The predicted octanol–water partition coefficient (Wildman–Crippen LogP) is 0.827. The average Bonchev–Trinajstić information content (AvgIpc) is 2.61. The van der Waals surface area contributed by atoms with Crippen molar-refractivity contribution in [1.82, 2.24) is 9.88 Å². The molecule has 1 amide bonds. The number of halogens is 1. The number of aliphatic hydroxyl groups excluding tert-OH is 2. The fraction of sp³-hybridized carbons (Fsp3) is 0.647. The highest BCUT2D eigenvalue weighted by molar-refractivity contribution is 5.95. The van der Waals surface area contributed by atoms with E-state index in [9.17, 15) is 15.0 Å². The number of hydrogen-bond acceptors (Lipinski definition) is 6. The van der Waals surface area contributed by atoms with Gasteiger partial charge in [0.25, 0.3) is 5.91 Å². The summed E-state index contributed by atoms with van der Waals surface area (Å²) in [7, 11) is 0. The van der Waals surface area contributed by atoms with E-state index in [0.717, 1.165) is 12.8 Å². The van der Waals surface area contributed by atoms with Crippen LogP contribution in [0.4, 0.5) is 0 Å². The summed E-state index contributed by atoms with van der Waals surface area (Å²) in [5.41, 5.74) is 5.15. The Morgan fingerprint density at radius 2 is 2.32 bits per heavy atom. The van der Waals surface area contributed by atoms with E-state index in [0.29, 0.717) is 31.9 Å². The lowest BCUT2D eigenvalue weighted by atomic mass is 9.73. The van der Waals surface area contributed by atoms with Crippen molar-refractivity contribution in [2.45, 2.75) is 32.3 Å². The van der Waals surface area contributed by atoms with Crippen LogP contribution in [0.25, 0.3) is 0 Å². The number of hydrogen-bond donors (Lipinski definition) is 3. The van der Waals surface area contributed by atoms with E-state index in [1.165, 1.54) is 6.20 Å². The zero-order valence-electron chi connectivity index (χ0n) is 14.6. The molecule has 2 rings (SSSR count). The third-order valence-corrected chi connectivity index (χ3v) is 4.68. The van der Waals surface area contributed by atoms with Crippen molar-refractivity contribution in [3.8, 4) is 5.75 Å². The van der Waals surface area contributed by atoms with Crippen LogP contribution < -0.4 is 10.5 Å². The van der Waals surface area contributed by atoms with E-state index in [1.807, 2.05) is 6.92 Å². The van der Waals surface area contributed by atoms with E-state index < -0.39 is 11.5 Å². The van der Waals surface area contributed by atoms with Gasteiger partial charge in [0.05, 0.1) is 12.7 Å². The Hall–Kier alpha value is -1.41. The third kappa shape index (κ3) is 4.82. The number of β-amino-alcohol motifs (C(OH)–C–C–N with tert-alkyl or cyclic N) is 1. The van der Waals surface area contributed by atoms with Crippen molar-refractivity contribution in [1.29, 1.82) is 0 Å². The van der Waals surface area contributed by atoms with Crippen molar-refractivity contribution >= 4 is 18.3 Å². The molecule has 0 saturated carbocycles. The van der Waals surface area contributed by atoms with Crippen molar-refractivity contribution in [2.75, 3.05) is 32.8 Å². The number of aliphatic hydroxyl groups is 2. The van der Waals surface area contributed by atoms with Crippen LogP contribution in [0.2, 0.25) is 0 Å². The van der Waals surface area contributed by atoms with Gasteiger partial charge in [-0.1, -0.05) is 13.3 Å². The van der Waals surface area contributed by atoms with Crippen LogP contribution in [0, 0.1) is 5.41 Å². The number of likely N-dealkylation sites (tertiary alicyclic amines) is 1. The van der Waals surface area contributed by atoms with Crippen molar-refractivity contribution in [3.63, 3.8) is 0 Å². The summed E-state index contributed by atoms with van der Waals surface area (Å²) < 4.78 is 5.49. The monoisotopic (exact) mass is 373 g/mol. The standard InChI is InChI=1S/C17H27N3O4.ClH/c1-2-5-17(12-21)6-9-20(11-14(17)22)16(23)15-13(24-10-7-18)4-3-8-19-15;/h3-4,8,14,21-22H,2,5-7,9-12,18H2,1H3;1H/t14-,17+;/m0./s1. The molecule has 0 unspecified atom stereocenters. The van der Waals surface area contributed by atoms with Crippen molar-refractivity contribution in [3.05, 3.63) is 24.0 Å². The molecule has 0 aliphatic carbocycles. The second-order valence-corrected chi connectivity index (χ2v) is 6.27. The van der Waals surface area contributed by atoms with E-state index in [-0.39, 0.29) is 37.2 Å². The number of nitrogens with zero attached hydrogens (tertiary/aromatic N) is 2. The summed E-state index contributed by atoms with van der Waals surface area (Å²) in [6.07, 6.45) is 2.97. The summed E-state index contributed by atoms with van der Waals surface area (Å²) in [4.78, 5) is 18.5. The van der Waals surface area contributed by atoms with Crippen LogP contribution in [0.3, 0.4) is 0 Å². The lowest BCUT2D eigenvalue weighted by Crippen LogP contribution is -2.54. The van der Waals surface area contributed by atoms with Crippen LogP contribution in [0.5, 0.6) is 5.75 Å². The van der Waals surface area contributed by atoms with E-state index in [2.05, 4.69) is 4.98 Å². The van der Waals surface area contributed by atoms with Crippen molar-refractivity contribution in [2.24, 2.45) is 11.1 Å². The lowest BCUT2D eigenvalue weighted by Gasteiger charge is -2.44. The Morgan fingerprint density at radius 1 is 1.56 bits per heavy atom. The molecule has 0 aromatic carbocycles. The van der Waals surface area contributed by atoms with Gasteiger partial charge < -0.3 is 25.6 Å². The molecule has 1 aliphatic heterocycles. The van der Waals surface area contributed by atoms with Crippen LogP contribution in [-0.4, -0.2) is 65.0 Å². The number of ether oxygens (including phenoxy) is 1. The molecule has 2 atom stereocenters. The third-order valence-electron chi connectivity index (χ3n) is 4.68. The molecule has 142 valence electrons. The largest absolute Gasteiger partial charge is 0.490 e. The smallest absolute Gasteiger partial charge is 0.276 e. The molecule has 8 heteroatoms. The normalized spacial score (nSPS) is 23.0. The molecule has 4 N–H and O–H groups in total. The van der Waals surface area contributed by atoms with Gasteiger partial charge in [-0.05, 0) is 25.0 Å². The Labute approximate surface area is 154 Å². The second kappa shape index (κ2) is 9.91. The van der Waals surface area contributed by atoms with Gasteiger partial charge in [0, 0.05) is 31.2 Å². The number of carbonyl (C=O) groups excluding carboxylic acids is 1. The van der Waals surface area contributed by atoms with E-state index in [4.69, 9.17) is 10.5 Å². The number of nitrogens with two attached hydrogens (primary N) is 1. The molecule has 25 heavy (non-hydrogen) atoms. The minimum atomic E-state index is -0.753. The molecule has 1 aromatic rings. The number of pyridine rings is 1. The SMILES string of the molecule is CCC[C@]1(CO)CCN(C(=O)c2ncccc2OCCN)C[C@@H]1O.Cl. The van der Waals surface area contributed by atoms with Gasteiger partial charge in [0.1, 0.15) is 6.61 Å². The molecule has 1 fully saturated rings. The number of rotatable bonds is 7. The highest BCUT2D eigenvalue weighted by Crippen LogP contribution is 2.36. The minimum absolute atomic E-state index is 0. The first-order valence-corrected chi connectivity index (χ1v) is 8.44. The molecule has 7 nitrogen and oxygen atoms in total. The molecule has 0 radical (unpaired) electrons. The fourth-order valence-corrected chi connectivity index (χ4v) is 3.24. The molecule has 0 bridgehead atoms. The molecule has 1 aliphatic rings. The molecule has 2 heterocycles.